The Morgan fingerprint density at radius 2 is 1.63 bits per heavy atom. The smallest absolute Gasteiger partial charge is 0.259 e. The van der Waals surface area contributed by atoms with Crippen LogP contribution in [0.15, 0.2) is 83.3 Å². The van der Waals surface area contributed by atoms with Crippen molar-refractivity contribution < 1.29 is 4.79 Å². The fraction of sp³-hybridized carbons (Fsp3) is 0.174. The third-order valence-electron chi connectivity index (χ3n) is 5.03. The summed E-state index contributed by atoms with van der Waals surface area (Å²) < 4.78 is 0.823. The first-order valence-corrected chi connectivity index (χ1v) is 9.93. The average Bonchev–Trinajstić information content (AvgIpc) is 2.69. The highest BCUT2D eigenvalue weighted by Crippen LogP contribution is 2.40. The first-order chi connectivity index (χ1) is 13.1. The Kier molecular flexibility index (Phi) is 4.99. The fourth-order valence-electron chi connectivity index (χ4n) is 3.76. The first-order valence-electron chi connectivity index (χ1n) is 9.14. The van der Waals surface area contributed by atoms with E-state index in [0.29, 0.717) is 5.56 Å². The predicted octanol–water partition coefficient (Wildman–Crippen LogP) is 6.04. The Morgan fingerprint density at radius 1 is 0.963 bits per heavy atom. The van der Waals surface area contributed by atoms with Gasteiger partial charge in [0, 0.05) is 21.9 Å². The van der Waals surface area contributed by atoms with Gasteiger partial charge in [-0.15, -0.1) is 0 Å². The minimum atomic E-state index is 0.0283. The molecule has 0 bridgehead atoms. The van der Waals surface area contributed by atoms with Crippen LogP contribution in [0.1, 0.15) is 35.3 Å². The third-order valence-corrected chi connectivity index (χ3v) is 5.72. The zero-order valence-electron chi connectivity index (χ0n) is 15.1. The predicted molar refractivity (Wildman–Crippen MR) is 114 cm³/mol. The summed E-state index contributed by atoms with van der Waals surface area (Å²) in [5.74, 6) is 0.0283. The second-order valence-electron chi connectivity index (χ2n) is 6.86. The van der Waals surface area contributed by atoms with Crippen LogP contribution in [0.25, 0.3) is 0 Å². The van der Waals surface area contributed by atoms with Gasteiger partial charge in [-0.3, -0.25) is 4.79 Å². The van der Waals surface area contributed by atoms with Gasteiger partial charge in [-0.2, -0.15) is 0 Å². The van der Waals surface area contributed by atoms with Crippen LogP contribution in [0.3, 0.4) is 0 Å². The number of halogens is 1. The Bertz CT molecular complexity index is 957. The maximum atomic E-state index is 13.3. The lowest BCUT2D eigenvalue weighted by atomic mass is 9.90. The van der Waals surface area contributed by atoms with Crippen LogP contribution in [0.5, 0.6) is 0 Å². The lowest BCUT2D eigenvalue weighted by molar-refractivity contribution is 0.0973. The van der Waals surface area contributed by atoms with Gasteiger partial charge in [0.2, 0.25) is 0 Å². The van der Waals surface area contributed by atoms with Gasteiger partial charge in [0.15, 0.2) is 0 Å². The van der Waals surface area contributed by atoms with E-state index in [4.69, 9.17) is 0 Å². The molecule has 1 aliphatic rings. The van der Waals surface area contributed by atoms with E-state index in [2.05, 4.69) is 46.4 Å². The normalized spacial score (nSPS) is 18.7. The van der Waals surface area contributed by atoms with Gasteiger partial charge in [0.1, 0.15) is 0 Å². The lowest BCUT2D eigenvalue weighted by Gasteiger charge is -2.40. The van der Waals surface area contributed by atoms with Gasteiger partial charge in [0.05, 0.1) is 11.6 Å². The molecule has 4 heteroatoms. The summed E-state index contributed by atoms with van der Waals surface area (Å²) in [6.07, 6.45) is 0.849. The van der Waals surface area contributed by atoms with Gasteiger partial charge in [-0.25, -0.2) is 0 Å². The molecule has 136 valence electrons. The number of carbonyl (C=O) groups excluding carboxylic acids is 1. The molecule has 0 aromatic heterocycles. The van der Waals surface area contributed by atoms with Crippen molar-refractivity contribution in [3.8, 4) is 0 Å². The molecule has 3 nitrogen and oxygen atoms in total. The van der Waals surface area contributed by atoms with Gasteiger partial charge in [-0.1, -0.05) is 48.5 Å². The van der Waals surface area contributed by atoms with Gasteiger partial charge in [0.25, 0.3) is 5.91 Å². The first kappa shape index (κ1) is 17.8. The van der Waals surface area contributed by atoms with Crippen LogP contribution in [0.4, 0.5) is 11.4 Å². The summed E-state index contributed by atoms with van der Waals surface area (Å²) >= 11 is 3.52. The van der Waals surface area contributed by atoms with Crippen LogP contribution in [0, 0.1) is 0 Å². The van der Waals surface area contributed by atoms with Crippen molar-refractivity contribution in [3.63, 3.8) is 0 Å². The van der Waals surface area contributed by atoms with Crippen molar-refractivity contribution in [3.05, 3.63) is 94.5 Å². The molecule has 0 saturated carbocycles. The average molecular weight is 421 g/mol. The molecule has 0 saturated heterocycles. The molecular formula is C23H21BrN2O. The number of para-hydroxylation sites is 2. The molecule has 1 heterocycles. The van der Waals surface area contributed by atoms with Gasteiger partial charge >= 0.3 is 0 Å². The lowest BCUT2D eigenvalue weighted by Crippen LogP contribution is -2.44. The summed E-state index contributed by atoms with van der Waals surface area (Å²) in [5, 5.41) is 3.63. The molecule has 2 unspecified atom stereocenters. The standard InChI is InChI=1S/C23H21BrN2O/c1-16-15-21(25-17-9-3-2-4-10-17)19-12-6-8-14-22(19)26(16)23(27)18-11-5-7-13-20(18)24/h2-14,16,21,25H,15H2,1H3. The minimum absolute atomic E-state index is 0.0283. The van der Waals surface area contributed by atoms with Gasteiger partial charge in [-0.05, 0) is 65.2 Å². The molecule has 0 fully saturated rings. The maximum Gasteiger partial charge on any atom is 0.259 e. The monoisotopic (exact) mass is 420 g/mol. The Hall–Kier alpha value is -2.59. The molecule has 27 heavy (non-hydrogen) atoms. The number of hydrogen-bond acceptors (Lipinski definition) is 2. The van der Waals surface area contributed by atoms with E-state index in [9.17, 15) is 4.79 Å². The summed E-state index contributed by atoms with van der Waals surface area (Å²) in [6.45, 7) is 2.12. The van der Waals surface area contributed by atoms with Crippen molar-refractivity contribution in [2.75, 3.05) is 10.2 Å². The Labute approximate surface area is 168 Å². The van der Waals surface area contributed by atoms with Crippen molar-refractivity contribution in [1.29, 1.82) is 0 Å². The van der Waals surface area contributed by atoms with E-state index >= 15 is 0 Å². The summed E-state index contributed by atoms with van der Waals surface area (Å²) in [7, 11) is 0. The molecule has 0 aliphatic carbocycles. The molecule has 3 aromatic rings. The molecule has 4 rings (SSSR count). The van der Waals surface area contributed by atoms with E-state index in [1.165, 1.54) is 0 Å². The van der Waals surface area contributed by atoms with E-state index in [1.807, 2.05) is 65.6 Å². The van der Waals surface area contributed by atoms with Crippen LogP contribution in [-0.2, 0) is 0 Å². The number of amides is 1. The summed E-state index contributed by atoms with van der Waals surface area (Å²) in [6, 6.07) is 26.3. The number of anilines is 2. The highest BCUT2D eigenvalue weighted by Gasteiger charge is 2.34. The van der Waals surface area contributed by atoms with Crippen LogP contribution in [-0.4, -0.2) is 11.9 Å². The van der Waals surface area contributed by atoms with E-state index in [0.717, 1.165) is 27.8 Å². The van der Waals surface area contributed by atoms with Gasteiger partial charge < -0.3 is 10.2 Å². The number of nitrogens with one attached hydrogen (secondary N) is 1. The summed E-state index contributed by atoms with van der Waals surface area (Å²) in [4.78, 5) is 15.3. The van der Waals surface area contributed by atoms with Crippen molar-refractivity contribution >= 4 is 33.2 Å². The highest BCUT2D eigenvalue weighted by atomic mass is 79.9. The second-order valence-corrected chi connectivity index (χ2v) is 7.72. The molecule has 2 atom stereocenters. The zero-order chi connectivity index (χ0) is 18.8. The molecule has 0 radical (unpaired) electrons. The minimum Gasteiger partial charge on any atom is -0.378 e. The molecule has 1 N–H and O–H groups in total. The number of carbonyl (C=O) groups is 1. The maximum absolute atomic E-state index is 13.3. The number of hydrogen-bond donors (Lipinski definition) is 1. The number of benzene rings is 3. The van der Waals surface area contributed by atoms with Crippen molar-refractivity contribution in [1.82, 2.24) is 0 Å². The molecule has 3 aromatic carbocycles. The quantitative estimate of drug-likeness (QED) is 0.559. The second kappa shape index (κ2) is 7.57. The SMILES string of the molecule is CC1CC(Nc2ccccc2)c2ccccc2N1C(=O)c1ccccc1Br. The van der Waals surface area contributed by atoms with Crippen molar-refractivity contribution in [2.24, 2.45) is 0 Å². The van der Waals surface area contributed by atoms with Crippen LogP contribution < -0.4 is 10.2 Å². The fourth-order valence-corrected chi connectivity index (χ4v) is 4.21. The van der Waals surface area contributed by atoms with E-state index in [-0.39, 0.29) is 18.0 Å². The van der Waals surface area contributed by atoms with E-state index < -0.39 is 0 Å². The molecule has 1 aliphatic heterocycles. The summed E-state index contributed by atoms with van der Waals surface area (Å²) in [5.41, 5.74) is 3.91. The molecular weight excluding hydrogens is 400 g/mol. The van der Waals surface area contributed by atoms with Crippen molar-refractivity contribution in [2.45, 2.75) is 25.4 Å². The number of fused-ring (bicyclic) bond motifs is 1. The van der Waals surface area contributed by atoms with Crippen LogP contribution in [0.2, 0.25) is 0 Å². The Balaban J connectivity index is 1.71. The largest absolute Gasteiger partial charge is 0.378 e. The number of nitrogens with zero attached hydrogens (tertiary/aromatic N) is 1. The zero-order valence-corrected chi connectivity index (χ0v) is 16.7. The number of rotatable bonds is 3. The third kappa shape index (κ3) is 3.50. The molecule has 0 spiro atoms. The topological polar surface area (TPSA) is 32.3 Å². The van der Waals surface area contributed by atoms with Crippen LogP contribution >= 0.6 is 15.9 Å². The Morgan fingerprint density at radius 3 is 2.41 bits per heavy atom. The molecule has 1 amide bonds. The highest BCUT2D eigenvalue weighted by molar-refractivity contribution is 9.10. The van der Waals surface area contributed by atoms with E-state index in [1.54, 1.807) is 0 Å².